The van der Waals surface area contributed by atoms with Crippen molar-refractivity contribution in [3.8, 4) is 0 Å². The van der Waals surface area contributed by atoms with Gasteiger partial charge in [-0.05, 0) is 48.1 Å². The molecular formula is C14H15IO3. The van der Waals surface area contributed by atoms with E-state index in [1.54, 1.807) is 6.07 Å². The van der Waals surface area contributed by atoms with Crippen molar-refractivity contribution in [3.63, 3.8) is 0 Å². The van der Waals surface area contributed by atoms with Crippen molar-refractivity contribution in [2.75, 3.05) is 6.61 Å². The maximum atomic E-state index is 11.9. The van der Waals surface area contributed by atoms with Crippen LogP contribution in [0.5, 0.6) is 0 Å². The Morgan fingerprint density at radius 3 is 2.89 bits per heavy atom. The van der Waals surface area contributed by atoms with Gasteiger partial charge in [0.2, 0.25) is 0 Å². The minimum Gasteiger partial charge on any atom is -0.428 e. The third kappa shape index (κ3) is 3.11. The van der Waals surface area contributed by atoms with E-state index in [0.29, 0.717) is 17.9 Å². The molecule has 1 saturated carbocycles. The molecule has 1 aromatic carbocycles. The molecule has 0 amide bonds. The van der Waals surface area contributed by atoms with Gasteiger partial charge in [-0.15, -0.1) is 0 Å². The summed E-state index contributed by atoms with van der Waals surface area (Å²) in [5.74, 6) is 0.334. The van der Waals surface area contributed by atoms with E-state index in [1.807, 2.05) is 25.1 Å². The Kier molecular flexibility index (Phi) is 4.40. The lowest BCUT2D eigenvalue weighted by atomic mass is 10.2. The van der Waals surface area contributed by atoms with Crippen molar-refractivity contribution in [2.24, 2.45) is 5.92 Å². The molecule has 0 N–H and O–H groups in total. The van der Waals surface area contributed by atoms with Crippen molar-refractivity contribution in [1.29, 1.82) is 0 Å². The van der Waals surface area contributed by atoms with E-state index in [4.69, 9.17) is 9.47 Å². The maximum absolute atomic E-state index is 11.9. The first kappa shape index (κ1) is 13.5. The molecule has 3 nitrogen and oxygen atoms in total. The molecular weight excluding hydrogens is 343 g/mol. The van der Waals surface area contributed by atoms with Gasteiger partial charge in [-0.2, -0.15) is 0 Å². The molecule has 1 aliphatic carbocycles. The van der Waals surface area contributed by atoms with Crippen LogP contribution in [0.25, 0.3) is 0 Å². The van der Waals surface area contributed by atoms with Crippen molar-refractivity contribution in [2.45, 2.75) is 19.4 Å². The molecule has 1 aromatic rings. The summed E-state index contributed by atoms with van der Waals surface area (Å²) in [6, 6.07) is 7.34. The number of ether oxygens (including phenoxy) is 2. The highest BCUT2D eigenvalue weighted by atomic mass is 127. The van der Waals surface area contributed by atoms with E-state index in [-0.39, 0.29) is 18.0 Å². The summed E-state index contributed by atoms with van der Waals surface area (Å²) in [6.07, 6.45) is 1.07. The van der Waals surface area contributed by atoms with Crippen LogP contribution in [-0.4, -0.2) is 18.7 Å². The van der Waals surface area contributed by atoms with Crippen LogP contribution in [0.2, 0.25) is 0 Å². The Balaban J connectivity index is 1.93. The van der Waals surface area contributed by atoms with Crippen molar-refractivity contribution in [3.05, 3.63) is 45.7 Å². The number of carbonyl (C=O) groups excluding carboxylic acids is 1. The molecule has 2 atom stereocenters. The highest BCUT2D eigenvalue weighted by molar-refractivity contribution is 14.1. The van der Waals surface area contributed by atoms with Crippen molar-refractivity contribution < 1.29 is 14.3 Å². The molecule has 0 unspecified atom stereocenters. The third-order valence-corrected chi connectivity index (χ3v) is 3.78. The standard InChI is InChI=1S/C14H15IO3/c1-3-17-13-8-11(13)9(2)18-14(16)10-6-4-5-7-12(10)15/h4-7,11,13H,2-3,8H2,1H3/t11-,13+/m1/s1. The van der Waals surface area contributed by atoms with E-state index in [2.05, 4.69) is 29.2 Å². The molecule has 1 fully saturated rings. The first-order valence-electron chi connectivity index (χ1n) is 5.90. The second kappa shape index (κ2) is 5.84. The third-order valence-electron chi connectivity index (χ3n) is 2.84. The SMILES string of the molecule is C=C(OC(=O)c1ccccc1I)[C@H]1C[C@@H]1OCC. The lowest BCUT2D eigenvalue weighted by Crippen LogP contribution is -2.09. The molecule has 0 spiro atoms. The summed E-state index contributed by atoms with van der Waals surface area (Å²) in [7, 11) is 0. The average Bonchev–Trinajstić information content (AvgIpc) is 3.09. The fourth-order valence-electron chi connectivity index (χ4n) is 1.79. The zero-order chi connectivity index (χ0) is 13.1. The lowest BCUT2D eigenvalue weighted by Gasteiger charge is -2.08. The Morgan fingerprint density at radius 1 is 1.50 bits per heavy atom. The molecule has 18 heavy (non-hydrogen) atoms. The van der Waals surface area contributed by atoms with Gasteiger partial charge in [-0.25, -0.2) is 4.79 Å². The fourth-order valence-corrected chi connectivity index (χ4v) is 2.39. The van der Waals surface area contributed by atoms with Crippen LogP contribution in [0, 0.1) is 9.49 Å². The molecule has 0 radical (unpaired) electrons. The van der Waals surface area contributed by atoms with Gasteiger partial charge in [0, 0.05) is 16.1 Å². The van der Waals surface area contributed by atoms with E-state index < -0.39 is 0 Å². The average molecular weight is 358 g/mol. The quantitative estimate of drug-likeness (QED) is 0.460. The van der Waals surface area contributed by atoms with Crippen LogP contribution in [0.3, 0.4) is 0 Å². The zero-order valence-electron chi connectivity index (χ0n) is 10.2. The molecule has 0 heterocycles. The summed E-state index contributed by atoms with van der Waals surface area (Å²) in [6.45, 7) is 6.45. The fraction of sp³-hybridized carbons (Fsp3) is 0.357. The Hall–Kier alpha value is -0.880. The lowest BCUT2D eigenvalue weighted by molar-refractivity contribution is 0.0584. The van der Waals surface area contributed by atoms with Gasteiger partial charge < -0.3 is 9.47 Å². The van der Waals surface area contributed by atoms with Gasteiger partial charge in [0.1, 0.15) is 5.76 Å². The van der Waals surface area contributed by atoms with Crippen LogP contribution in [-0.2, 0) is 9.47 Å². The smallest absolute Gasteiger partial charge is 0.344 e. The molecule has 0 aromatic heterocycles. The molecule has 4 heteroatoms. The zero-order valence-corrected chi connectivity index (χ0v) is 12.3. The summed E-state index contributed by atoms with van der Waals surface area (Å²) < 4.78 is 11.6. The number of esters is 1. The first-order chi connectivity index (χ1) is 8.63. The highest BCUT2D eigenvalue weighted by Gasteiger charge is 2.42. The van der Waals surface area contributed by atoms with Gasteiger partial charge in [0.15, 0.2) is 0 Å². The highest BCUT2D eigenvalue weighted by Crippen LogP contribution is 2.40. The normalized spacial score (nSPS) is 21.4. The number of carbonyl (C=O) groups is 1. The molecule has 0 saturated heterocycles. The molecule has 1 aliphatic rings. The molecule has 2 rings (SSSR count). The maximum Gasteiger partial charge on any atom is 0.344 e. The van der Waals surface area contributed by atoms with E-state index in [9.17, 15) is 4.79 Å². The number of hydrogen-bond donors (Lipinski definition) is 0. The largest absolute Gasteiger partial charge is 0.428 e. The topological polar surface area (TPSA) is 35.5 Å². The van der Waals surface area contributed by atoms with Crippen LogP contribution in [0.1, 0.15) is 23.7 Å². The summed E-state index contributed by atoms with van der Waals surface area (Å²) in [5, 5.41) is 0. The van der Waals surface area contributed by atoms with Crippen molar-refractivity contribution in [1.82, 2.24) is 0 Å². The predicted molar refractivity (Wildman–Crippen MR) is 77.2 cm³/mol. The van der Waals surface area contributed by atoms with Crippen LogP contribution in [0.4, 0.5) is 0 Å². The van der Waals surface area contributed by atoms with Gasteiger partial charge in [-0.3, -0.25) is 0 Å². The van der Waals surface area contributed by atoms with E-state index in [1.165, 1.54) is 0 Å². The number of benzene rings is 1. The van der Waals surface area contributed by atoms with Gasteiger partial charge in [0.25, 0.3) is 0 Å². The predicted octanol–water partition coefficient (Wildman–Crippen LogP) is 3.39. The van der Waals surface area contributed by atoms with Crippen molar-refractivity contribution >= 4 is 28.6 Å². The Morgan fingerprint density at radius 2 is 2.22 bits per heavy atom. The van der Waals surface area contributed by atoms with Gasteiger partial charge >= 0.3 is 5.97 Å². The second-order valence-electron chi connectivity index (χ2n) is 4.17. The Bertz CT molecular complexity index is 470. The van der Waals surface area contributed by atoms with Crippen LogP contribution < -0.4 is 0 Å². The summed E-state index contributed by atoms with van der Waals surface area (Å²) >= 11 is 2.12. The number of halogens is 1. The minimum atomic E-state index is -0.341. The van der Waals surface area contributed by atoms with Gasteiger partial charge in [0.05, 0.1) is 11.7 Å². The van der Waals surface area contributed by atoms with E-state index in [0.717, 1.165) is 9.99 Å². The monoisotopic (exact) mass is 358 g/mol. The molecule has 0 aliphatic heterocycles. The second-order valence-corrected chi connectivity index (χ2v) is 5.33. The first-order valence-corrected chi connectivity index (χ1v) is 6.98. The Labute approximate surface area is 120 Å². The minimum absolute atomic E-state index is 0.162. The van der Waals surface area contributed by atoms with Crippen LogP contribution in [0.15, 0.2) is 36.6 Å². The van der Waals surface area contributed by atoms with E-state index >= 15 is 0 Å². The summed E-state index contributed by atoms with van der Waals surface area (Å²) in [4.78, 5) is 11.9. The molecule has 96 valence electrons. The van der Waals surface area contributed by atoms with Crippen LogP contribution >= 0.6 is 22.6 Å². The number of hydrogen-bond acceptors (Lipinski definition) is 3. The van der Waals surface area contributed by atoms with Gasteiger partial charge in [-0.1, -0.05) is 18.7 Å². The number of rotatable bonds is 5. The molecule has 0 bridgehead atoms. The summed E-state index contributed by atoms with van der Waals surface area (Å²) in [5.41, 5.74) is 0.577.